The lowest BCUT2D eigenvalue weighted by atomic mass is 10.6. The summed E-state index contributed by atoms with van der Waals surface area (Å²) in [5.41, 5.74) is 0.847. The second-order valence-electron chi connectivity index (χ2n) is 1.56. The molecule has 0 saturated heterocycles. The number of rotatable bonds is 1. The van der Waals surface area contributed by atoms with Gasteiger partial charge >= 0.3 is 0 Å². The topological polar surface area (TPSA) is 30.7 Å². The van der Waals surface area contributed by atoms with E-state index in [9.17, 15) is 0 Å². The van der Waals surface area contributed by atoms with Crippen LogP contribution in [-0.4, -0.2) is 15.0 Å². The van der Waals surface area contributed by atoms with E-state index < -0.39 is 0 Å². The van der Waals surface area contributed by atoms with Crippen LogP contribution in [0.25, 0.3) is 0 Å². The van der Waals surface area contributed by atoms with E-state index in [1.165, 1.54) is 4.80 Å². The van der Waals surface area contributed by atoms with Crippen molar-refractivity contribution >= 4 is 34.2 Å². The van der Waals surface area contributed by atoms with Crippen LogP contribution in [-0.2, 0) is 12.9 Å². The van der Waals surface area contributed by atoms with Gasteiger partial charge in [0.2, 0.25) is 0 Å². The van der Waals surface area contributed by atoms with Crippen LogP contribution in [0.3, 0.4) is 0 Å². The quantitative estimate of drug-likeness (QED) is 0.558. The van der Waals surface area contributed by atoms with E-state index in [4.69, 9.17) is 11.6 Å². The largest absolute Gasteiger partial charge is 0.187 e. The number of hydrogen-bond donors (Lipinski definition) is 0. The van der Waals surface area contributed by atoms with Gasteiger partial charge in [0, 0.05) is 7.05 Å². The maximum atomic E-state index is 5.52. The third kappa shape index (κ3) is 1.54. The lowest BCUT2D eigenvalue weighted by Gasteiger charge is -1.80. The second-order valence-corrected chi connectivity index (χ2v) is 2.85. The first-order chi connectivity index (χ1) is 4.24. The molecule has 0 bridgehead atoms. The predicted molar refractivity (Wildman–Crippen MR) is 43.3 cm³/mol. The summed E-state index contributed by atoms with van der Waals surface area (Å²) in [4.78, 5) is 1.51. The maximum absolute atomic E-state index is 5.52. The average Bonchev–Trinajstić information content (AvgIpc) is 2.10. The van der Waals surface area contributed by atoms with Gasteiger partial charge in [0.15, 0.2) is 0 Å². The Morgan fingerprint density at radius 2 is 2.33 bits per heavy atom. The van der Waals surface area contributed by atoms with E-state index in [-0.39, 0.29) is 0 Å². The number of nitrogens with zero attached hydrogens (tertiary/aromatic N) is 3. The summed E-state index contributed by atoms with van der Waals surface area (Å²) in [6.07, 6.45) is 0. The minimum absolute atomic E-state index is 0.437. The van der Waals surface area contributed by atoms with Crippen LogP contribution in [0.4, 0.5) is 0 Å². The van der Waals surface area contributed by atoms with Crippen molar-refractivity contribution in [1.82, 2.24) is 15.0 Å². The van der Waals surface area contributed by atoms with Crippen LogP contribution in [0.5, 0.6) is 0 Å². The molecule has 0 radical (unpaired) electrons. The fourth-order valence-corrected chi connectivity index (χ4v) is 1.52. The number of alkyl halides is 1. The third-order valence-corrected chi connectivity index (χ3v) is 1.95. The van der Waals surface area contributed by atoms with Gasteiger partial charge in [-0.25, -0.2) is 0 Å². The zero-order valence-electron chi connectivity index (χ0n) is 4.80. The fraction of sp³-hybridized carbons (Fsp3) is 0.500. The zero-order chi connectivity index (χ0) is 6.85. The predicted octanol–water partition coefficient (Wildman–Crippen LogP) is 1.16. The summed E-state index contributed by atoms with van der Waals surface area (Å²) in [5, 5.41) is 7.98. The highest BCUT2D eigenvalue weighted by Crippen LogP contribution is 2.07. The van der Waals surface area contributed by atoms with Crippen molar-refractivity contribution < 1.29 is 0 Å². The summed E-state index contributed by atoms with van der Waals surface area (Å²) in [5.74, 6) is 0.437. The maximum Gasteiger partial charge on any atom is 0.147 e. The van der Waals surface area contributed by atoms with Crippen LogP contribution < -0.4 is 0 Å². The van der Waals surface area contributed by atoms with Crippen molar-refractivity contribution in [2.75, 3.05) is 0 Å². The van der Waals surface area contributed by atoms with E-state index >= 15 is 0 Å². The Morgan fingerprint density at radius 3 is 2.56 bits per heavy atom. The second kappa shape index (κ2) is 2.83. The molecule has 50 valence electrons. The zero-order valence-corrected chi connectivity index (χ0v) is 7.72. The van der Waals surface area contributed by atoms with Crippen molar-refractivity contribution in [3.05, 3.63) is 9.39 Å². The van der Waals surface area contributed by atoms with Crippen LogP contribution in [0.2, 0.25) is 0 Å². The molecule has 0 N–H and O–H groups in total. The molecule has 0 spiro atoms. The third-order valence-electron chi connectivity index (χ3n) is 0.863. The van der Waals surface area contributed by atoms with Crippen molar-refractivity contribution in [2.24, 2.45) is 7.05 Å². The Kier molecular flexibility index (Phi) is 2.29. The van der Waals surface area contributed by atoms with Gasteiger partial charge < -0.3 is 0 Å². The van der Waals surface area contributed by atoms with E-state index in [0.717, 1.165) is 9.39 Å². The minimum Gasteiger partial charge on any atom is -0.187 e. The molecule has 5 heteroatoms. The minimum atomic E-state index is 0.437. The first-order valence-electron chi connectivity index (χ1n) is 2.35. The smallest absolute Gasteiger partial charge is 0.147 e. The molecule has 0 atom stereocenters. The monoisotopic (exact) mass is 257 g/mol. The van der Waals surface area contributed by atoms with Gasteiger partial charge in [0.1, 0.15) is 9.39 Å². The Morgan fingerprint density at radius 1 is 1.67 bits per heavy atom. The highest BCUT2D eigenvalue weighted by molar-refractivity contribution is 14.1. The van der Waals surface area contributed by atoms with Gasteiger partial charge in [-0.1, -0.05) is 0 Å². The fourth-order valence-electron chi connectivity index (χ4n) is 0.505. The molecule has 0 aliphatic carbocycles. The van der Waals surface area contributed by atoms with Gasteiger partial charge in [0.25, 0.3) is 0 Å². The van der Waals surface area contributed by atoms with Crippen LogP contribution in [0.1, 0.15) is 5.69 Å². The lowest BCUT2D eigenvalue weighted by molar-refractivity contribution is 0.646. The molecule has 0 aliphatic rings. The van der Waals surface area contributed by atoms with Crippen molar-refractivity contribution in [1.29, 1.82) is 0 Å². The molecule has 1 heterocycles. The molecule has 0 unspecified atom stereocenters. The molecule has 0 aromatic carbocycles. The summed E-state index contributed by atoms with van der Waals surface area (Å²) < 4.78 is 0.880. The number of aryl methyl sites for hydroxylation is 1. The molecule has 1 rings (SSSR count). The van der Waals surface area contributed by atoms with Crippen LogP contribution in [0.15, 0.2) is 0 Å². The molecule has 0 fully saturated rings. The Hall–Kier alpha value is 0.160. The van der Waals surface area contributed by atoms with Crippen molar-refractivity contribution in [3.8, 4) is 0 Å². The van der Waals surface area contributed by atoms with Crippen molar-refractivity contribution in [3.63, 3.8) is 0 Å². The first kappa shape index (κ1) is 7.27. The number of hydrogen-bond acceptors (Lipinski definition) is 2. The highest BCUT2D eigenvalue weighted by Gasteiger charge is 2.02. The molecule has 1 aromatic rings. The normalized spacial score (nSPS) is 10.1. The average molecular weight is 257 g/mol. The number of aromatic nitrogens is 3. The standard InChI is InChI=1S/C4H5ClIN3/c1-9-7-3(2-5)4(6)8-9/h2H2,1H3. The van der Waals surface area contributed by atoms with Gasteiger partial charge in [-0.3, -0.25) is 0 Å². The highest BCUT2D eigenvalue weighted by atomic mass is 127. The van der Waals surface area contributed by atoms with Gasteiger partial charge in [-0.05, 0) is 22.6 Å². The Balaban J connectivity index is 3.01. The molecular weight excluding hydrogens is 252 g/mol. The van der Waals surface area contributed by atoms with Crippen LogP contribution >= 0.6 is 34.2 Å². The van der Waals surface area contributed by atoms with E-state index in [1.807, 2.05) is 0 Å². The molecule has 0 saturated carbocycles. The van der Waals surface area contributed by atoms with Gasteiger partial charge in [0.05, 0.1) is 5.88 Å². The first-order valence-corrected chi connectivity index (χ1v) is 3.97. The summed E-state index contributed by atoms with van der Waals surface area (Å²) in [7, 11) is 1.78. The summed E-state index contributed by atoms with van der Waals surface area (Å²) in [6.45, 7) is 0. The van der Waals surface area contributed by atoms with E-state index in [2.05, 4.69) is 32.8 Å². The van der Waals surface area contributed by atoms with Gasteiger partial charge in [-0.15, -0.1) is 16.7 Å². The molecule has 1 aromatic heterocycles. The molecule has 0 aliphatic heterocycles. The summed E-state index contributed by atoms with van der Waals surface area (Å²) in [6, 6.07) is 0. The summed E-state index contributed by atoms with van der Waals surface area (Å²) >= 11 is 7.63. The van der Waals surface area contributed by atoms with Crippen molar-refractivity contribution in [2.45, 2.75) is 5.88 Å². The van der Waals surface area contributed by atoms with Gasteiger partial charge in [-0.2, -0.15) is 9.90 Å². The molecular formula is C4H5ClIN3. The molecule has 3 nitrogen and oxygen atoms in total. The number of halogens is 2. The van der Waals surface area contributed by atoms with E-state index in [1.54, 1.807) is 7.05 Å². The SMILES string of the molecule is Cn1nc(I)c(CCl)n1. The van der Waals surface area contributed by atoms with E-state index in [0.29, 0.717) is 5.88 Å². The lowest BCUT2D eigenvalue weighted by Crippen LogP contribution is -1.92. The molecule has 9 heavy (non-hydrogen) atoms. The molecule has 0 amide bonds. The Labute approximate surface area is 71.5 Å². The van der Waals surface area contributed by atoms with Crippen LogP contribution in [0, 0.1) is 3.70 Å². The Bertz CT molecular complexity index is 210.